The number of rotatable bonds is 4. The van der Waals surface area contributed by atoms with Crippen LogP contribution >= 0.6 is 23.2 Å². The van der Waals surface area contributed by atoms with E-state index < -0.39 is 0 Å². The minimum atomic E-state index is -0.273. The third-order valence-corrected chi connectivity index (χ3v) is 4.27. The maximum Gasteiger partial charge on any atom is 0.224 e. The highest BCUT2D eigenvalue weighted by Gasteiger charge is 2.25. The van der Waals surface area contributed by atoms with Crippen molar-refractivity contribution in [1.29, 1.82) is 0 Å². The molecule has 0 aliphatic heterocycles. The van der Waals surface area contributed by atoms with Crippen molar-refractivity contribution in [3.8, 4) is 0 Å². The summed E-state index contributed by atoms with van der Waals surface area (Å²) in [5.41, 5.74) is 0.832. The Balaban J connectivity index is 1.82. The third kappa shape index (κ3) is 4.10. The molecule has 1 saturated carbocycles. The van der Waals surface area contributed by atoms with E-state index in [1.54, 1.807) is 18.2 Å². The second kappa shape index (κ2) is 6.60. The second-order valence-corrected chi connectivity index (χ2v) is 5.80. The van der Waals surface area contributed by atoms with Crippen LogP contribution in [0.15, 0.2) is 18.2 Å². The van der Waals surface area contributed by atoms with Gasteiger partial charge in [-0.15, -0.1) is 0 Å². The number of amides is 1. The van der Waals surface area contributed by atoms with Crippen LogP contribution < -0.4 is 5.32 Å². The first-order chi connectivity index (χ1) is 9.06. The Bertz CT molecular complexity index is 465. The fourth-order valence-corrected chi connectivity index (χ4v) is 2.72. The molecule has 0 saturated heterocycles. The molecule has 0 heterocycles. The fourth-order valence-electron chi connectivity index (χ4n) is 2.40. The summed E-state index contributed by atoms with van der Waals surface area (Å²) in [6, 6.07) is 5.18. The lowest BCUT2D eigenvalue weighted by Gasteiger charge is -2.15. The molecule has 0 radical (unpaired) electrons. The van der Waals surface area contributed by atoms with Gasteiger partial charge in [-0.2, -0.15) is 0 Å². The molecule has 2 rings (SSSR count). The minimum absolute atomic E-state index is 0.0579. The van der Waals surface area contributed by atoms with Crippen molar-refractivity contribution >= 4 is 29.1 Å². The first-order valence-corrected chi connectivity index (χ1v) is 7.20. The maximum atomic E-state index is 11.8. The van der Waals surface area contributed by atoms with E-state index in [0.717, 1.165) is 24.8 Å². The van der Waals surface area contributed by atoms with E-state index in [1.807, 2.05) is 0 Å². The zero-order chi connectivity index (χ0) is 13.8. The van der Waals surface area contributed by atoms with Gasteiger partial charge >= 0.3 is 0 Å². The monoisotopic (exact) mass is 301 g/mol. The van der Waals surface area contributed by atoms with Gasteiger partial charge in [0.2, 0.25) is 5.91 Å². The summed E-state index contributed by atoms with van der Waals surface area (Å²) in [6.07, 6.45) is 2.86. The van der Waals surface area contributed by atoms with Crippen LogP contribution in [0, 0.1) is 5.92 Å². The first kappa shape index (κ1) is 14.6. The molecule has 1 aliphatic carbocycles. The highest BCUT2D eigenvalue weighted by molar-refractivity contribution is 6.42. The number of aliphatic hydroxyl groups excluding tert-OH is 1. The summed E-state index contributed by atoms with van der Waals surface area (Å²) < 4.78 is 0. The predicted octanol–water partition coefficient (Wildman–Crippen LogP) is 2.81. The molecule has 1 aromatic carbocycles. The molecule has 5 heteroatoms. The summed E-state index contributed by atoms with van der Waals surface area (Å²) in [6.45, 7) is 0.543. The lowest BCUT2D eigenvalue weighted by molar-refractivity contribution is -0.120. The average Bonchev–Trinajstić information content (AvgIpc) is 2.77. The molecule has 104 valence electrons. The number of benzene rings is 1. The molecule has 1 fully saturated rings. The number of nitrogens with one attached hydrogen (secondary N) is 1. The summed E-state index contributed by atoms with van der Waals surface area (Å²) in [7, 11) is 0. The van der Waals surface area contributed by atoms with Crippen LogP contribution in [0.3, 0.4) is 0 Å². The van der Waals surface area contributed by atoms with E-state index in [4.69, 9.17) is 23.2 Å². The highest BCUT2D eigenvalue weighted by atomic mass is 35.5. The third-order valence-electron chi connectivity index (χ3n) is 3.53. The molecule has 3 nitrogen and oxygen atoms in total. The van der Waals surface area contributed by atoms with E-state index in [1.165, 1.54) is 0 Å². The molecule has 0 bridgehead atoms. The van der Waals surface area contributed by atoms with Crippen molar-refractivity contribution in [3.05, 3.63) is 33.8 Å². The van der Waals surface area contributed by atoms with E-state index in [9.17, 15) is 9.90 Å². The van der Waals surface area contributed by atoms with Gasteiger partial charge in [-0.25, -0.2) is 0 Å². The Morgan fingerprint density at radius 3 is 2.74 bits per heavy atom. The fraction of sp³-hybridized carbons (Fsp3) is 0.500. The van der Waals surface area contributed by atoms with Gasteiger partial charge in [-0.05, 0) is 30.5 Å². The lowest BCUT2D eigenvalue weighted by Crippen LogP contribution is -2.33. The van der Waals surface area contributed by atoms with Crippen LogP contribution in [0.2, 0.25) is 10.0 Å². The van der Waals surface area contributed by atoms with Gasteiger partial charge in [0.05, 0.1) is 22.6 Å². The number of aliphatic hydroxyl groups is 1. The van der Waals surface area contributed by atoms with E-state index in [0.29, 0.717) is 16.6 Å². The van der Waals surface area contributed by atoms with E-state index in [2.05, 4.69) is 5.32 Å². The van der Waals surface area contributed by atoms with Crippen molar-refractivity contribution in [2.24, 2.45) is 5.92 Å². The van der Waals surface area contributed by atoms with Crippen LogP contribution in [-0.4, -0.2) is 23.7 Å². The maximum absolute atomic E-state index is 11.8. The number of hydrogen-bond donors (Lipinski definition) is 2. The van der Waals surface area contributed by atoms with Gasteiger partial charge in [-0.1, -0.05) is 35.7 Å². The number of hydrogen-bond acceptors (Lipinski definition) is 2. The van der Waals surface area contributed by atoms with Crippen molar-refractivity contribution in [3.63, 3.8) is 0 Å². The lowest BCUT2D eigenvalue weighted by atomic mass is 10.1. The molecule has 2 atom stereocenters. The summed E-state index contributed by atoms with van der Waals surface area (Å²) in [5, 5.41) is 13.5. The summed E-state index contributed by atoms with van der Waals surface area (Å²) in [5.74, 6) is 0.134. The second-order valence-electron chi connectivity index (χ2n) is 4.99. The van der Waals surface area contributed by atoms with Crippen LogP contribution in [0.4, 0.5) is 0 Å². The molecule has 0 aromatic heterocycles. The molecule has 0 spiro atoms. The highest BCUT2D eigenvalue weighted by Crippen LogP contribution is 2.25. The average molecular weight is 302 g/mol. The molecule has 2 unspecified atom stereocenters. The van der Waals surface area contributed by atoms with Crippen molar-refractivity contribution < 1.29 is 9.90 Å². The van der Waals surface area contributed by atoms with Crippen LogP contribution in [0.5, 0.6) is 0 Å². The molecular weight excluding hydrogens is 285 g/mol. The quantitative estimate of drug-likeness (QED) is 0.898. The SMILES string of the molecule is O=C(Cc1ccc(Cl)c(Cl)c1)NCC1CCCC1O. The van der Waals surface area contributed by atoms with Crippen LogP contribution in [-0.2, 0) is 11.2 Å². The molecule has 1 aromatic rings. The standard InChI is InChI=1S/C14H17Cl2NO2/c15-11-5-4-9(6-12(11)16)7-14(19)17-8-10-2-1-3-13(10)18/h4-6,10,13,18H,1-3,7-8H2,(H,17,19). The molecule has 19 heavy (non-hydrogen) atoms. The minimum Gasteiger partial charge on any atom is -0.393 e. The Kier molecular flexibility index (Phi) is 5.08. The topological polar surface area (TPSA) is 49.3 Å². The molecule has 1 aliphatic rings. The smallest absolute Gasteiger partial charge is 0.224 e. The van der Waals surface area contributed by atoms with Crippen molar-refractivity contribution in [2.75, 3.05) is 6.54 Å². The predicted molar refractivity (Wildman–Crippen MR) is 76.5 cm³/mol. The van der Waals surface area contributed by atoms with Crippen molar-refractivity contribution in [2.45, 2.75) is 31.8 Å². The molecule has 1 amide bonds. The Morgan fingerprint density at radius 1 is 1.32 bits per heavy atom. The van der Waals surface area contributed by atoms with Crippen LogP contribution in [0.1, 0.15) is 24.8 Å². The first-order valence-electron chi connectivity index (χ1n) is 6.45. The Labute approximate surface area is 122 Å². The van der Waals surface area contributed by atoms with Crippen molar-refractivity contribution in [1.82, 2.24) is 5.32 Å². The van der Waals surface area contributed by atoms with Gasteiger partial charge in [0.25, 0.3) is 0 Å². The summed E-state index contributed by atoms with van der Waals surface area (Å²) in [4.78, 5) is 11.8. The largest absolute Gasteiger partial charge is 0.393 e. The normalized spacial score (nSPS) is 22.5. The number of halogens is 2. The van der Waals surface area contributed by atoms with Gasteiger partial charge in [0.1, 0.15) is 0 Å². The Morgan fingerprint density at radius 2 is 2.11 bits per heavy atom. The van der Waals surface area contributed by atoms with Crippen LogP contribution in [0.25, 0.3) is 0 Å². The molecule has 2 N–H and O–H groups in total. The van der Waals surface area contributed by atoms with Gasteiger partial charge in [0, 0.05) is 12.5 Å². The Hall–Kier alpha value is -0.770. The zero-order valence-corrected chi connectivity index (χ0v) is 12.0. The van der Waals surface area contributed by atoms with Gasteiger partial charge in [-0.3, -0.25) is 4.79 Å². The van der Waals surface area contributed by atoms with Gasteiger partial charge < -0.3 is 10.4 Å². The van der Waals surface area contributed by atoms with Gasteiger partial charge in [0.15, 0.2) is 0 Å². The summed E-state index contributed by atoms with van der Waals surface area (Å²) >= 11 is 11.7. The molecular formula is C14H17Cl2NO2. The number of carbonyl (C=O) groups is 1. The van der Waals surface area contributed by atoms with E-state index in [-0.39, 0.29) is 24.3 Å². The van der Waals surface area contributed by atoms with E-state index >= 15 is 0 Å². The number of carbonyl (C=O) groups excluding carboxylic acids is 1. The zero-order valence-electron chi connectivity index (χ0n) is 10.5.